The summed E-state index contributed by atoms with van der Waals surface area (Å²) in [6.07, 6.45) is 5.29. The van der Waals surface area contributed by atoms with E-state index in [2.05, 4.69) is 72.3 Å². The Morgan fingerprint density at radius 3 is 2.40 bits per heavy atom. The molecular weight excluding hydrogens is 392 g/mol. The number of hydrogen-bond acceptors (Lipinski definition) is 3. The van der Waals surface area contributed by atoms with Crippen LogP contribution in [-0.4, -0.2) is 28.8 Å². The van der Waals surface area contributed by atoms with Gasteiger partial charge in [0.2, 0.25) is 10.0 Å². The van der Waals surface area contributed by atoms with Crippen molar-refractivity contribution in [3.8, 4) is 0 Å². The van der Waals surface area contributed by atoms with E-state index in [-0.39, 0.29) is 0 Å². The zero-order chi connectivity index (χ0) is 21.3. The smallest absolute Gasteiger partial charge is 0.229 e. The zero-order valence-electron chi connectivity index (χ0n) is 17.5. The van der Waals surface area contributed by atoms with Gasteiger partial charge in [0.05, 0.1) is 6.26 Å². The van der Waals surface area contributed by atoms with Gasteiger partial charge in [-0.1, -0.05) is 48.5 Å². The number of anilines is 2. The molecule has 1 aliphatic rings. The first kappa shape index (κ1) is 20.2. The number of nitrogens with one attached hydrogen (secondary N) is 1. The minimum Gasteiger partial charge on any atom is -0.377 e. The van der Waals surface area contributed by atoms with Gasteiger partial charge >= 0.3 is 0 Å². The van der Waals surface area contributed by atoms with E-state index in [9.17, 15) is 8.42 Å². The average molecular weight is 419 g/mol. The molecule has 4 nitrogen and oxygen atoms in total. The molecule has 1 aliphatic carbocycles. The fourth-order valence-corrected chi connectivity index (χ4v) is 4.70. The van der Waals surface area contributed by atoms with Gasteiger partial charge in [0, 0.05) is 25.5 Å². The lowest BCUT2D eigenvalue weighted by molar-refractivity contribution is 0.607. The quantitative estimate of drug-likeness (QED) is 0.661. The van der Waals surface area contributed by atoms with E-state index in [4.69, 9.17) is 0 Å². The Hall–Kier alpha value is -3.05. The highest BCUT2D eigenvalue weighted by atomic mass is 32.2. The van der Waals surface area contributed by atoms with Crippen LogP contribution >= 0.6 is 0 Å². The molecule has 0 radical (unpaired) electrons. The molecule has 0 bridgehead atoms. The number of hydrogen-bond donors (Lipinski definition) is 1. The monoisotopic (exact) mass is 418 g/mol. The van der Waals surface area contributed by atoms with Crippen molar-refractivity contribution in [2.24, 2.45) is 0 Å². The van der Waals surface area contributed by atoms with Crippen LogP contribution in [0.25, 0.3) is 11.6 Å². The second-order valence-corrected chi connectivity index (χ2v) is 9.66. The van der Waals surface area contributed by atoms with E-state index in [0.29, 0.717) is 5.69 Å². The Kier molecular flexibility index (Phi) is 5.39. The van der Waals surface area contributed by atoms with Crippen molar-refractivity contribution in [3.05, 3.63) is 94.5 Å². The lowest BCUT2D eigenvalue weighted by Gasteiger charge is -2.20. The van der Waals surface area contributed by atoms with Crippen molar-refractivity contribution < 1.29 is 8.42 Å². The van der Waals surface area contributed by atoms with Gasteiger partial charge in [0.1, 0.15) is 0 Å². The summed E-state index contributed by atoms with van der Waals surface area (Å²) in [4.78, 5) is 2.17. The first-order valence-electron chi connectivity index (χ1n) is 9.99. The predicted molar refractivity (Wildman–Crippen MR) is 127 cm³/mol. The maximum Gasteiger partial charge on any atom is 0.229 e. The van der Waals surface area contributed by atoms with Gasteiger partial charge in [-0.05, 0) is 70.5 Å². The first-order chi connectivity index (χ1) is 14.3. The third-order valence-electron chi connectivity index (χ3n) is 5.38. The Balaban J connectivity index is 1.91. The fourth-order valence-electron chi connectivity index (χ4n) is 4.14. The maximum atomic E-state index is 11.6. The fraction of sp³-hybridized carbons (Fsp3) is 0.200. The molecule has 154 valence electrons. The molecule has 3 aromatic rings. The van der Waals surface area contributed by atoms with E-state index in [0.717, 1.165) is 18.4 Å². The molecule has 0 aliphatic heterocycles. The number of sulfonamides is 1. The summed E-state index contributed by atoms with van der Waals surface area (Å²) in [6, 6.07) is 22.5. The number of fused-ring (bicyclic) bond motifs is 2. The molecule has 4 rings (SSSR count). The third-order valence-corrected chi connectivity index (χ3v) is 5.98. The second kappa shape index (κ2) is 8.00. The van der Waals surface area contributed by atoms with Crippen LogP contribution in [0.5, 0.6) is 0 Å². The highest BCUT2D eigenvalue weighted by Crippen LogP contribution is 2.38. The maximum absolute atomic E-state index is 11.6. The van der Waals surface area contributed by atoms with E-state index >= 15 is 0 Å². The minimum absolute atomic E-state index is 0.566. The molecule has 0 atom stereocenters. The van der Waals surface area contributed by atoms with E-state index < -0.39 is 10.0 Å². The summed E-state index contributed by atoms with van der Waals surface area (Å²) in [5, 5.41) is 0. The Bertz CT molecular complexity index is 1230. The van der Waals surface area contributed by atoms with E-state index in [1.165, 1.54) is 39.8 Å². The van der Waals surface area contributed by atoms with Gasteiger partial charge in [0.25, 0.3) is 0 Å². The summed E-state index contributed by atoms with van der Waals surface area (Å²) in [6.45, 7) is 0. The summed E-state index contributed by atoms with van der Waals surface area (Å²) in [7, 11) is 0.840. The minimum atomic E-state index is -3.32. The number of rotatable bonds is 4. The molecule has 0 amide bonds. The largest absolute Gasteiger partial charge is 0.377 e. The zero-order valence-corrected chi connectivity index (χ0v) is 18.3. The van der Waals surface area contributed by atoms with Crippen LogP contribution in [0.15, 0.2) is 66.7 Å². The molecule has 5 heteroatoms. The van der Waals surface area contributed by atoms with Gasteiger partial charge in [-0.3, -0.25) is 4.72 Å². The van der Waals surface area contributed by atoms with Gasteiger partial charge in [0.15, 0.2) is 0 Å². The molecule has 1 N–H and O–H groups in total. The summed E-state index contributed by atoms with van der Waals surface area (Å²) in [5.74, 6) is 0. The molecule has 0 heterocycles. The average Bonchev–Trinajstić information content (AvgIpc) is 2.84. The first-order valence-corrected chi connectivity index (χ1v) is 11.9. The summed E-state index contributed by atoms with van der Waals surface area (Å²) >= 11 is 0. The SMILES string of the molecule is CN(C)c1cccc2c1CCc1ccccc1/C2=C/c1cccc(NS(C)(=O)=O)c1. The van der Waals surface area contributed by atoms with E-state index in [1.54, 1.807) is 6.07 Å². The highest BCUT2D eigenvalue weighted by molar-refractivity contribution is 7.92. The second-order valence-electron chi connectivity index (χ2n) is 7.91. The van der Waals surface area contributed by atoms with Gasteiger partial charge in [-0.15, -0.1) is 0 Å². The Labute approximate surface area is 178 Å². The van der Waals surface area contributed by atoms with Crippen molar-refractivity contribution in [1.82, 2.24) is 0 Å². The highest BCUT2D eigenvalue weighted by Gasteiger charge is 2.20. The van der Waals surface area contributed by atoms with Crippen molar-refractivity contribution in [2.45, 2.75) is 12.8 Å². The van der Waals surface area contributed by atoms with Crippen molar-refractivity contribution in [1.29, 1.82) is 0 Å². The van der Waals surface area contributed by atoms with Gasteiger partial charge in [-0.25, -0.2) is 8.42 Å². The van der Waals surface area contributed by atoms with Crippen LogP contribution < -0.4 is 9.62 Å². The molecule has 0 unspecified atom stereocenters. The lowest BCUT2D eigenvalue weighted by atomic mass is 9.91. The van der Waals surface area contributed by atoms with Crippen molar-refractivity contribution in [2.75, 3.05) is 30.0 Å². The molecule has 0 saturated carbocycles. The Morgan fingerprint density at radius 2 is 1.63 bits per heavy atom. The molecule has 0 fully saturated rings. The topological polar surface area (TPSA) is 49.4 Å². The van der Waals surface area contributed by atoms with Crippen molar-refractivity contribution in [3.63, 3.8) is 0 Å². The van der Waals surface area contributed by atoms with Crippen LogP contribution in [0, 0.1) is 0 Å². The van der Waals surface area contributed by atoms with Gasteiger partial charge in [-0.2, -0.15) is 0 Å². The summed E-state index contributed by atoms with van der Waals surface area (Å²) < 4.78 is 25.9. The molecule has 30 heavy (non-hydrogen) atoms. The lowest BCUT2D eigenvalue weighted by Crippen LogP contribution is -2.12. The number of aryl methyl sites for hydroxylation is 1. The van der Waals surface area contributed by atoms with Crippen LogP contribution in [0.4, 0.5) is 11.4 Å². The van der Waals surface area contributed by atoms with Crippen LogP contribution in [-0.2, 0) is 22.9 Å². The normalized spacial score (nSPS) is 14.6. The van der Waals surface area contributed by atoms with E-state index in [1.807, 2.05) is 18.2 Å². The molecule has 3 aromatic carbocycles. The van der Waals surface area contributed by atoms with Crippen LogP contribution in [0.3, 0.4) is 0 Å². The van der Waals surface area contributed by atoms with Crippen molar-refractivity contribution >= 4 is 33.0 Å². The standard InChI is InChI=1S/C25H26N2O2S/c1-27(2)25-13-7-12-22-23(25)15-14-19-9-4-5-11-21(19)24(22)17-18-8-6-10-20(16-18)26-30(3,28)29/h4-13,16-17,26H,14-15H2,1-3H3/b24-17-. The molecule has 0 saturated heterocycles. The molecule has 0 aromatic heterocycles. The molecule has 0 spiro atoms. The Morgan fingerprint density at radius 1 is 0.900 bits per heavy atom. The number of benzene rings is 3. The third kappa shape index (κ3) is 4.26. The molecular formula is C25H26N2O2S. The van der Waals surface area contributed by atoms with Crippen LogP contribution in [0.1, 0.15) is 27.8 Å². The summed E-state index contributed by atoms with van der Waals surface area (Å²) in [5.41, 5.74) is 9.05. The predicted octanol–water partition coefficient (Wildman–Crippen LogP) is 4.81. The van der Waals surface area contributed by atoms with Crippen LogP contribution in [0.2, 0.25) is 0 Å². The van der Waals surface area contributed by atoms with Gasteiger partial charge < -0.3 is 4.90 Å². The number of nitrogens with zero attached hydrogens (tertiary/aromatic N) is 1.